The van der Waals surface area contributed by atoms with Crippen molar-refractivity contribution in [1.82, 2.24) is 0 Å². The lowest BCUT2D eigenvalue weighted by Gasteiger charge is -2.14. The van der Waals surface area contributed by atoms with Gasteiger partial charge in [0, 0.05) is 18.1 Å². The van der Waals surface area contributed by atoms with Crippen molar-refractivity contribution in [2.24, 2.45) is 0 Å². The Bertz CT molecular complexity index is 864. The molecule has 0 unspecified atom stereocenters. The van der Waals surface area contributed by atoms with Gasteiger partial charge in [0.2, 0.25) is 0 Å². The number of allylic oxidation sites excluding steroid dienone is 1. The number of carbonyl (C=O) groups is 1. The first-order chi connectivity index (χ1) is 13.7. The fourth-order valence-corrected chi connectivity index (χ4v) is 3.64. The molecule has 0 heterocycles. The maximum absolute atomic E-state index is 11.1. The number of hydrogen-bond donors (Lipinski definition) is 0. The molecule has 0 aliphatic heterocycles. The average molecular weight is 376 g/mol. The van der Waals surface area contributed by atoms with Gasteiger partial charge in [0.15, 0.2) is 0 Å². The Hall–Kier alpha value is -2.81. The molecule has 28 heavy (non-hydrogen) atoms. The molecule has 2 aromatic carbocycles. The summed E-state index contributed by atoms with van der Waals surface area (Å²) in [7, 11) is 0. The molecule has 3 heteroatoms. The number of fused-ring (bicyclic) bond motifs is 1. The zero-order chi connectivity index (χ0) is 19.8. The van der Waals surface area contributed by atoms with Crippen LogP contribution < -0.4 is 4.74 Å². The largest absolute Gasteiger partial charge is 0.493 e. The highest BCUT2D eigenvalue weighted by Crippen LogP contribution is 2.35. The van der Waals surface area contributed by atoms with Gasteiger partial charge in [-0.05, 0) is 60.1 Å². The Morgan fingerprint density at radius 1 is 1.11 bits per heavy atom. The van der Waals surface area contributed by atoms with Gasteiger partial charge in [-0.15, -0.1) is 0 Å². The molecule has 3 nitrogen and oxygen atoms in total. The van der Waals surface area contributed by atoms with Gasteiger partial charge in [0.05, 0.1) is 13.2 Å². The fourth-order valence-electron chi connectivity index (χ4n) is 3.64. The molecule has 146 valence electrons. The quantitative estimate of drug-likeness (QED) is 0.340. The normalized spacial score (nSPS) is 13.1. The van der Waals surface area contributed by atoms with Crippen molar-refractivity contribution in [2.75, 3.05) is 13.2 Å². The van der Waals surface area contributed by atoms with E-state index in [4.69, 9.17) is 9.47 Å². The number of rotatable bonds is 8. The van der Waals surface area contributed by atoms with E-state index < -0.39 is 5.97 Å². The lowest BCUT2D eigenvalue weighted by atomic mass is 9.94. The molecule has 0 N–H and O–H groups in total. The summed E-state index contributed by atoms with van der Waals surface area (Å²) >= 11 is 0. The van der Waals surface area contributed by atoms with E-state index >= 15 is 0 Å². The monoisotopic (exact) mass is 376 g/mol. The number of esters is 1. The molecule has 2 aromatic rings. The molecule has 0 fully saturated rings. The summed E-state index contributed by atoms with van der Waals surface area (Å²) in [6, 6.07) is 15.0. The number of hydrogen-bond acceptors (Lipinski definition) is 3. The van der Waals surface area contributed by atoms with E-state index in [0.717, 1.165) is 31.4 Å². The number of benzene rings is 2. The molecular formula is C25H28O3. The van der Waals surface area contributed by atoms with Gasteiger partial charge < -0.3 is 9.47 Å². The van der Waals surface area contributed by atoms with Crippen LogP contribution in [0.5, 0.6) is 5.75 Å². The lowest BCUT2D eigenvalue weighted by Crippen LogP contribution is -2.07. The van der Waals surface area contributed by atoms with Crippen LogP contribution in [0.25, 0.3) is 11.6 Å². The Morgan fingerprint density at radius 2 is 1.96 bits per heavy atom. The predicted octanol–water partition coefficient (Wildman–Crippen LogP) is 5.62. The van der Waals surface area contributed by atoms with Gasteiger partial charge in [0.1, 0.15) is 5.75 Å². The third-order valence-corrected chi connectivity index (χ3v) is 5.07. The van der Waals surface area contributed by atoms with Crippen LogP contribution in [0.15, 0.2) is 55.1 Å². The standard InChI is InChI=1S/C25H28O3/c1-3-19-10-5-6-14-22(19)21-13-7-11-20-12-8-15-24(23(20)18-21)27-16-9-17-28-25(26)4-2/h4-6,8,10,12,14-15,18H,2-3,7,9,11,13,16-17H2,1H3. The molecule has 0 spiro atoms. The van der Waals surface area contributed by atoms with Crippen molar-refractivity contribution in [3.05, 3.63) is 77.4 Å². The van der Waals surface area contributed by atoms with E-state index in [-0.39, 0.29) is 0 Å². The van der Waals surface area contributed by atoms with Crippen molar-refractivity contribution in [1.29, 1.82) is 0 Å². The Labute approximate surface area is 167 Å². The summed E-state index contributed by atoms with van der Waals surface area (Å²) in [6.45, 7) is 6.45. The summed E-state index contributed by atoms with van der Waals surface area (Å²) in [5, 5.41) is 0. The molecule has 0 saturated carbocycles. The van der Waals surface area contributed by atoms with E-state index in [1.165, 1.54) is 33.9 Å². The topological polar surface area (TPSA) is 35.5 Å². The molecule has 0 aromatic heterocycles. The van der Waals surface area contributed by atoms with E-state index in [1.807, 2.05) is 6.07 Å². The van der Waals surface area contributed by atoms with E-state index in [0.29, 0.717) is 19.6 Å². The highest BCUT2D eigenvalue weighted by atomic mass is 16.5. The Morgan fingerprint density at radius 3 is 2.79 bits per heavy atom. The zero-order valence-electron chi connectivity index (χ0n) is 16.6. The van der Waals surface area contributed by atoms with Crippen LogP contribution in [0.4, 0.5) is 0 Å². The molecule has 0 amide bonds. The van der Waals surface area contributed by atoms with Crippen LogP contribution >= 0.6 is 0 Å². The summed E-state index contributed by atoms with van der Waals surface area (Å²) < 4.78 is 11.1. The van der Waals surface area contributed by atoms with Crippen LogP contribution in [0, 0.1) is 0 Å². The zero-order valence-corrected chi connectivity index (χ0v) is 16.6. The third kappa shape index (κ3) is 4.92. The van der Waals surface area contributed by atoms with Crippen LogP contribution in [-0.4, -0.2) is 19.2 Å². The molecule has 0 saturated heterocycles. The van der Waals surface area contributed by atoms with Crippen LogP contribution in [0.3, 0.4) is 0 Å². The number of aryl methyl sites for hydroxylation is 2. The number of ether oxygens (including phenoxy) is 2. The number of carbonyl (C=O) groups excluding carboxylic acids is 1. The maximum atomic E-state index is 11.1. The Balaban J connectivity index is 1.79. The smallest absolute Gasteiger partial charge is 0.330 e. The minimum atomic E-state index is -0.393. The van der Waals surface area contributed by atoms with Crippen molar-refractivity contribution in [3.63, 3.8) is 0 Å². The van der Waals surface area contributed by atoms with Crippen molar-refractivity contribution in [3.8, 4) is 5.75 Å². The minimum Gasteiger partial charge on any atom is -0.493 e. The maximum Gasteiger partial charge on any atom is 0.330 e. The van der Waals surface area contributed by atoms with E-state index in [9.17, 15) is 4.79 Å². The second kappa shape index (κ2) is 9.93. The van der Waals surface area contributed by atoms with Gasteiger partial charge >= 0.3 is 5.97 Å². The molecule has 3 rings (SSSR count). The van der Waals surface area contributed by atoms with E-state index in [2.05, 4.69) is 56.0 Å². The van der Waals surface area contributed by atoms with Crippen molar-refractivity contribution >= 4 is 17.6 Å². The lowest BCUT2D eigenvalue weighted by molar-refractivity contribution is -0.137. The van der Waals surface area contributed by atoms with Gasteiger partial charge in [-0.3, -0.25) is 0 Å². The predicted molar refractivity (Wildman–Crippen MR) is 114 cm³/mol. The summed E-state index contributed by atoms with van der Waals surface area (Å²) in [5.41, 5.74) is 6.64. The average Bonchev–Trinajstić information content (AvgIpc) is 2.96. The van der Waals surface area contributed by atoms with Crippen LogP contribution in [0.1, 0.15) is 48.4 Å². The fraction of sp³-hybridized carbons (Fsp3) is 0.320. The highest BCUT2D eigenvalue weighted by molar-refractivity contribution is 5.86. The molecule has 0 radical (unpaired) electrons. The first-order valence-electron chi connectivity index (χ1n) is 10.1. The van der Waals surface area contributed by atoms with Crippen molar-refractivity contribution in [2.45, 2.75) is 39.0 Å². The summed E-state index contributed by atoms with van der Waals surface area (Å²) in [5.74, 6) is 0.511. The summed E-state index contributed by atoms with van der Waals surface area (Å²) in [6.07, 6.45) is 8.43. The molecule has 0 bridgehead atoms. The second-order valence-corrected chi connectivity index (χ2v) is 6.94. The molecule has 0 atom stereocenters. The minimum absolute atomic E-state index is 0.338. The van der Waals surface area contributed by atoms with Gasteiger partial charge in [0.25, 0.3) is 0 Å². The molecule has 1 aliphatic carbocycles. The van der Waals surface area contributed by atoms with Crippen molar-refractivity contribution < 1.29 is 14.3 Å². The van der Waals surface area contributed by atoms with Gasteiger partial charge in [-0.2, -0.15) is 0 Å². The molecular weight excluding hydrogens is 348 g/mol. The van der Waals surface area contributed by atoms with Gasteiger partial charge in [-0.1, -0.05) is 49.9 Å². The highest BCUT2D eigenvalue weighted by Gasteiger charge is 2.15. The van der Waals surface area contributed by atoms with Gasteiger partial charge in [-0.25, -0.2) is 4.79 Å². The van der Waals surface area contributed by atoms with E-state index in [1.54, 1.807) is 0 Å². The molecule has 1 aliphatic rings. The second-order valence-electron chi connectivity index (χ2n) is 6.94. The van der Waals surface area contributed by atoms with Crippen LogP contribution in [0.2, 0.25) is 0 Å². The first-order valence-corrected chi connectivity index (χ1v) is 10.1. The third-order valence-electron chi connectivity index (χ3n) is 5.07. The summed E-state index contributed by atoms with van der Waals surface area (Å²) in [4.78, 5) is 11.1. The Kier molecular flexibility index (Phi) is 7.07. The van der Waals surface area contributed by atoms with Crippen LogP contribution in [-0.2, 0) is 22.4 Å². The SMILES string of the molecule is C=CC(=O)OCCCOc1cccc2c1C=C(c1ccccc1CC)CCC2. The first kappa shape index (κ1) is 19.9.